The van der Waals surface area contributed by atoms with Crippen molar-refractivity contribution in [1.82, 2.24) is 5.32 Å². The molecule has 0 saturated carbocycles. The summed E-state index contributed by atoms with van der Waals surface area (Å²) in [5.41, 5.74) is -1.76. The Morgan fingerprint density at radius 3 is 2.50 bits per heavy atom. The molecular weight excluding hydrogens is 327 g/mol. The number of halogens is 3. The van der Waals surface area contributed by atoms with Gasteiger partial charge >= 0.3 is 6.18 Å². The smallest absolute Gasteiger partial charge is 0.378 e. The van der Waals surface area contributed by atoms with Gasteiger partial charge in [-0.05, 0) is 24.5 Å². The highest BCUT2D eigenvalue weighted by Gasteiger charge is 2.32. The van der Waals surface area contributed by atoms with Crippen molar-refractivity contribution in [3.8, 4) is 0 Å². The first-order chi connectivity index (χ1) is 11.1. The molecule has 134 valence electrons. The van der Waals surface area contributed by atoms with E-state index in [4.69, 9.17) is 0 Å². The van der Waals surface area contributed by atoms with Gasteiger partial charge in [-0.15, -0.1) is 0 Å². The van der Waals surface area contributed by atoms with Crippen LogP contribution in [0.25, 0.3) is 0 Å². The summed E-state index contributed by atoms with van der Waals surface area (Å²) in [6.07, 6.45) is -3.50. The number of nitrogens with zero attached hydrogens (tertiary/aromatic N) is 1. The first-order valence-corrected chi connectivity index (χ1v) is 7.47. The van der Waals surface area contributed by atoms with Crippen LogP contribution in [-0.2, 0) is 11.0 Å². The Labute approximate surface area is 137 Å². The van der Waals surface area contributed by atoms with Crippen LogP contribution in [0.1, 0.15) is 32.3 Å². The number of amides is 1. The van der Waals surface area contributed by atoms with Crippen LogP contribution in [-0.4, -0.2) is 23.9 Å². The van der Waals surface area contributed by atoms with Gasteiger partial charge in [0.15, 0.2) is 0 Å². The van der Waals surface area contributed by atoms with Gasteiger partial charge in [0.1, 0.15) is 5.69 Å². The monoisotopic (exact) mass is 347 g/mol. The second kappa shape index (κ2) is 8.51. The highest BCUT2D eigenvalue weighted by Crippen LogP contribution is 2.34. The fraction of sp³-hybridized carbons (Fsp3) is 0.533. The third kappa shape index (κ3) is 6.43. The van der Waals surface area contributed by atoms with E-state index in [0.717, 1.165) is 18.6 Å². The van der Waals surface area contributed by atoms with E-state index in [-0.39, 0.29) is 24.7 Å². The van der Waals surface area contributed by atoms with Crippen LogP contribution in [0.2, 0.25) is 0 Å². The molecule has 0 aliphatic rings. The number of nitrogens with one attached hydrogen (secondary N) is 2. The van der Waals surface area contributed by atoms with Crippen molar-refractivity contribution in [2.75, 3.05) is 18.4 Å². The van der Waals surface area contributed by atoms with E-state index in [1.165, 1.54) is 0 Å². The Morgan fingerprint density at radius 1 is 1.29 bits per heavy atom. The minimum atomic E-state index is -4.65. The van der Waals surface area contributed by atoms with E-state index < -0.39 is 22.4 Å². The molecule has 1 aromatic rings. The summed E-state index contributed by atoms with van der Waals surface area (Å²) in [5.74, 6) is 0.274. The maximum absolute atomic E-state index is 12.6. The summed E-state index contributed by atoms with van der Waals surface area (Å²) >= 11 is 0. The van der Waals surface area contributed by atoms with Crippen LogP contribution in [0, 0.1) is 16.0 Å². The number of rotatable bonds is 8. The topological polar surface area (TPSA) is 84.3 Å². The zero-order chi connectivity index (χ0) is 18.3. The van der Waals surface area contributed by atoms with Gasteiger partial charge in [0.2, 0.25) is 5.91 Å². The predicted molar refractivity (Wildman–Crippen MR) is 83.7 cm³/mol. The molecule has 0 atom stereocenters. The van der Waals surface area contributed by atoms with Crippen molar-refractivity contribution in [1.29, 1.82) is 0 Å². The number of anilines is 1. The molecule has 1 aromatic carbocycles. The molecule has 0 radical (unpaired) electrons. The van der Waals surface area contributed by atoms with Crippen molar-refractivity contribution in [3.63, 3.8) is 0 Å². The van der Waals surface area contributed by atoms with E-state index in [0.29, 0.717) is 18.4 Å². The lowest BCUT2D eigenvalue weighted by Crippen LogP contribution is -2.28. The third-order valence-electron chi connectivity index (χ3n) is 3.23. The second-order valence-electron chi connectivity index (χ2n) is 5.70. The van der Waals surface area contributed by atoms with Gasteiger partial charge in [-0.1, -0.05) is 13.8 Å². The number of carbonyl (C=O) groups is 1. The van der Waals surface area contributed by atoms with Gasteiger partial charge in [-0.25, -0.2) is 0 Å². The van der Waals surface area contributed by atoms with E-state index >= 15 is 0 Å². The fourth-order valence-corrected chi connectivity index (χ4v) is 1.92. The summed E-state index contributed by atoms with van der Waals surface area (Å²) in [4.78, 5) is 21.6. The van der Waals surface area contributed by atoms with Crippen LogP contribution in [0.3, 0.4) is 0 Å². The summed E-state index contributed by atoms with van der Waals surface area (Å²) < 4.78 is 37.8. The molecule has 0 unspecified atom stereocenters. The molecule has 0 aromatic heterocycles. The molecular formula is C15H20F3N3O3. The largest absolute Gasteiger partial charge is 0.416 e. The van der Waals surface area contributed by atoms with Gasteiger partial charge in [-0.3, -0.25) is 14.9 Å². The molecule has 0 aliphatic carbocycles. The standard InChI is InChI=1S/C15H20F3N3O3/c1-10(2)3-6-14(22)20-8-7-19-12-5-4-11(15(16,17)18)9-13(12)21(23)24/h4-5,9-10,19H,3,6-8H2,1-2H3,(H,20,22). The minimum absolute atomic E-state index is 0.0237. The van der Waals surface area contributed by atoms with E-state index in [2.05, 4.69) is 10.6 Å². The number of alkyl halides is 3. The first kappa shape index (κ1) is 19.7. The summed E-state index contributed by atoms with van der Waals surface area (Å²) in [5, 5.41) is 16.2. The molecule has 0 heterocycles. The predicted octanol–water partition coefficient (Wildman–Crippen LogP) is 3.58. The average molecular weight is 347 g/mol. The second-order valence-corrected chi connectivity index (χ2v) is 5.70. The summed E-state index contributed by atoms with van der Waals surface area (Å²) in [6.45, 7) is 4.38. The lowest BCUT2D eigenvalue weighted by atomic mass is 10.1. The third-order valence-corrected chi connectivity index (χ3v) is 3.23. The number of nitro groups is 1. The molecule has 24 heavy (non-hydrogen) atoms. The average Bonchev–Trinajstić information content (AvgIpc) is 2.48. The maximum Gasteiger partial charge on any atom is 0.416 e. The van der Waals surface area contributed by atoms with Crippen molar-refractivity contribution in [2.24, 2.45) is 5.92 Å². The van der Waals surface area contributed by atoms with E-state index in [1.807, 2.05) is 13.8 Å². The van der Waals surface area contributed by atoms with Crippen molar-refractivity contribution < 1.29 is 22.9 Å². The number of hydrogen-bond donors (Lipinski definition) is 2. The Balaban J connectivity index is 2.59. The van der Waals surface area contributed by atoms with Crippen molar-refractivity contribution in [3.05, 3.63) is 33.9 Å². The van der Waals surface area contributed by atoms with Gasteiger partial charge in [0, 0.05) is 25.6 Å². The normalized spacial score (nSPS) is 11.4. The van der Waals surface area contributed by atoms with E-state index in [1.54, 1.807) is 0 Å². The number of carbonyl (C=O) groups excluding carboxylic acids is 1. The fourth-order valence-electron chi connectivity index (χ4n) is 1.92. The zero-order valence-corrected chi connectivity index (χ0v) is 13.4. The summed E-state index contributed by atoms with van der Waals surface area (Å²) in [6, 6.07) is 2.28. The molecule has 6 nitrogen and oxygen atoms in total. The maximum atomic E-state index is 12.6. The SMILES string of the molecule is CC(C)CCC(=O)NCCNc1ccc(C(F)(F)F)cc1[N+](=O)[O-]. The van der Waals surface area contributed by atoms with Crippen LogP contribution in [0.5, 0.6) is 0 Å². The molecule has 0 aliphatic heterocycles. The van der Waals surface area contributed by atoms with E-state index in [9.17, 15) is 28.1 Å². The molecule has 9 heteroatoms. The number of nitro benzene ring substituents is 1. The highest BCUT2D eigenvalue weighted by molar-refractivity contribution is 5.75. The van der Waals surface area contributed by atoms with Crippen LogP contribution < -0.4 is 10.6 Å². The van der Waals surface area contributed by atoms with Crippen molar-refractivity contribution in [2.45, 2.75) is 32.9 Å². The molecule has 2 N–H and O–H groups in total. The molecule has 0 fully saturated rings. The Bertz CT molecular complexity index is 589. The van der Waals surface area contributed by atoms with Crippen LogP contribution in [0.4, 0.5) is 24.5 Å². The van der Waals surface area contributed by atoms with Crippen LogP contribution >= 0.6 is 0 Å². The number of hydrogen-bond acceptors (Lipinski definition) is 4. The minimum Gasteiger partial charge on any atom is -0.378 e. The van der Waals surface area contributed by atoms with Crippen molar-refractivity contribution >= 4 is 17.3 Å². The molecule has 0 saturated heterocycles. The molecule has 0 bridgehead atoms. The van der Waals surface area contributed by atoms with Crippen LogP contribution in [0.15, 0.2) is 18.2 Å². The molecule has 0 spiro atoms. The van der Waals surface area contributed by atoms with Gasteiger partial charge < -0.3 is 10.6 Å². The molecule has 1 amide bonds. The highest BCUT2D eigenvalue weighted by atomic mass is 19.4. The zero-order valence-electron chi connectivity index (χ0n) is 13.4. The first-order valence-electron chi connectivity index (χ1n) is 7.47. The van der Waals surface area contributed by atoms with Gasteiger partial charge in [0.05, 0.1) is 10.5 Å². The lowest BCUT2D eigenvalue weighted by Gasteiger charge is -2.11. The van der Waals surface area contributed by atoms with Gasteiger partial charge in [0.25, 0.3) is 5.69 Å². The Kier molecular flexibility index (Phi) is 6.99. The lowest BCUT2D eigenvalue weighted by molar-refractivity contribution is -0.384. The Hall–Kier alpha value is -2.32. The number of benzene rings is 1. The Morgan fingerprint density at radius 2 is 1.96 bits per heavy atom. The summed E-state index contributed by atoms with van der Waals surface area (Å²) in [7, 11) is 0. The van der Waals surface area contributed by atoms with Gasteiger partial charge in [-0.2, -0.15) is 13.2 Å². The molecule has 1 rings (SSSR count). The quantitative estimate of drug-likeness (QED) is 0.428.